The summed E-state index contributed by atoms with van der Waals surface area (Å²) in [6.07, 6.45) is 0.621. The number of fused-ring (bicyclic) bond motifs is 1. The van der Waals surface area contributed by atoms with Crippen LogP contribution in [0.2, 0.25) is 0 Å². The molecular weight excluding hydrogens is 266 g/mol. The Balaban J connectivity index is 2.57. The molecule has 19 heavy (non-hydrogen) atoms. The molecule has 1 aromatic rings. The third-order valence-electron chi connectivity index (χ3n) is 3.23. The second kappa shape index (κ2) is 4.50. The lowest BCUT2D eigenvalue weighted by Crippen LogP contribution is -2.26. The van der Waals surface area contributed by atoms with Crippen molar-refractivity contribution in [1.82, 2.24) is 4.31 Å². The molecule has 6 nitrogen and oxygen atoms in total. The molecule has 0 saturated carbocycles. The minimum Gasteiger partial charge on any atom is -0.397 e. The van der Waals surface area contributed by atoms with Gasteiger partial charge >= 0.3 is 0 Å². The average Bonchev–Trinajstić information content (AvgIpc) is 2.72. The molecule has 0 unspecified atom stereocenters. The van der Waals surface area contributed by atoms with Crippen molar-refractivity contribution in [2.24, 2.45) is 0 Å². The van der Waals surface area contributed by atoms with Gasteiger partial charge in [-0.3, -0.25) is 4.79 Å². The van der Waals surface area contributed by atoms with Gasteiger partial charge in [-0.2, -0.15) is 0 Å². The van der Waals surface area contributed by atoms with Gasteiger partial charge in [-0.05, 0) is 24.1 Å². The monoisotopic (exact) mass is 283 g/mol. The summed E-state index contributed by atoms with van der Waals surface area (Å²) in [5.74, 6) is -0.0892. The summed E-state index contributed by atoms with van der Waals surface area (Å²) in [6.45, 7) is 2.01. The highest BCUT2D eigenvalue weighted by atomic mass is 32.2. The van der Waals surface area contributed by atoms with E-state index in [9.17, 15) is 13.2 Å². The fraction of sp³-hybridized carbons (Fsp3) is 0.417. The molecule has 0 bridgehead atoms. The van der Waals surface area contributed by atoms with Crippen molar-refractivity contribution in [3.63, 3.8) is 0 Å². The van der Waals surface area contributed by atoms with Crippen LogP contribution in [-0.2, 0) is 21.2 Å². The molecule has 0 radical (unpaired) electrons. The molecule has 1 heterocycles. The van der Waals surface area contributed by atoms with Gasteiger partial charge in [-0.15, -0.1) is 0 Å². The number of hydrogen-bond donors (Lipinski definition) is 1. The summed E-state index contributed by atoms with van der Waals surface area (Å²) in [6, 6.07) is 3.01. The van der Waals surface area contributed by atoms with E-state index in [2.05, 4.69) is 0 Å². The molecule has 7 heteroatoms. The van der Waals surface area contributed by atoms with E-state index in [0.717, 1.165) is 9.87 Å². The van der Waals surface area contributed by atoms with Crippen LogP contribution in [0.25, 0.3) is 0 Å². The molecule has 1 aromatic carbocycles. The Hall–Kier alpha value is -1.60. The lowest BCUT2D eigenvalue weighted by atomic mass is 10.1. The highest BCUT2D eigenvalue weighted by Gasteiger charge is 2.28. The van der Waals surface area contributed by atoms with E-state index in [1.165, 1.54) is 27.1 Å². The van der Waals surface area contributed by atoms with Gasteiger partial charge in [-0.25, -0.2) is 12.7 Å². The third kappa shape index (κ3) is 2.19. The molecule has 0 saturated heterocycles. The fourth-order valence-corrected chi connectivity index (χ4v) is 3.22. The van der Waals surface area contributed by atoms with Crippen molar-refractivity contribution < 1.29 is 13.2 Å². The topological polar surface area (TPSA) is 83.7 Å². The van der Waals surface area contributed by atoms with Gasteiger partial charge in [0.25, 0.3) is 0 Å². The average molecular weight is 283 g/mol. The predicted molar refractivity (Wildman–Crippen MR) is 73.5 cm³/mol. The van der Waals surface area contributed by atoms with Crippen molar-refractivity contribution in [3.8, 4) is 0 Å². The van der Waals surface area contributed by atoms with Gasteiger partial charge in [0.05, 0.1) is 16.3 Å². The number of sulfonamides is 1. The summed E-state index contributed by atoms with van der Waals surface area (Å²) in [7, 11) is -0.563. The van der Waals surface area contributed by atoms with E-state index in [1.54, 1.807) is 11.0 Å². The zero-order chi connectivity index (χ0) is 14.4. The Morgan fingerprint density at radius 2 is 2.00 bits per heavy atom. The molecule has 2 rings (SSSR count). The number of anilines is 2. The maximum atomic E-state index is 12.1. The molecular formula is C12H17N3O3S. The van der Waals surface area contributed by atoms with Crippen molar-refractivity contribution in [2.45, 2.75) is 18.2 Å². The summed E-state index contributed by atoms with van der Waals surface area (Å²) in [5, 5.41) is 0. The number of hydrogen-bond acceptors (Lipinski definition) is 4. The fourth-order valence-electron chi connectivity index (χ4n) is 2.23. The van der Waals surface area contributed by atoms with Gasteiger partial charge in [0, 0.05) is 27.6 Å². The van der Waals surface area contributed by atoms with Gasteiger partial charge in [0.1, 0.15) is 0 Å². The first-order valence-electron chi connectivity index (χ1n) is 5.88. The minimum absolute atomic E-state index is 0.0892. The number of carbonyl (C=O) groups excluding carboxylic acids is 1. The molecule has 0 spiro atoms. The number of rotatable bonds is 2. The standard InChI is InChI=1S/C12H17N3O3S/c1-8(16)15-5-4-9-6-10(7-11(13)12(9)15)19(17,18)14(2)3/h6-7H,4-5,13H2,1-3H3. The van der Waals surface area contributed by atoms with Gasteiger partial charge in [0.2, 0.25) is 15.9 Å². The highest BCUT2D eigenvalue weighted by Crippen LogP contribution is 2.36. The molecule has 1 amide bonds. The number of amides is 1. The number of nitrogen functional groups attached to an aromatic ring is 1. The smallest absolute Gasteiger partial charge is 0.242 e. The van der Waals surface area contributed by atoms with Gasteiger partial charge in [0.15, 0.2) is 0 Å². The number of nitrogens with two attached hydrogens (primary N) is 1. The van der Waals surface area contributed by atoms with E-state index >= 15 is 0 Å². The van der Waals surface area contributed by atoms with Crippen molar-refractivity contribution in [1.29, 1.82) is 0 Å². The third-order valence-corrected chi connectivity index (χ3v) is 5.02. The lowest BCUT2D eigenvalue weighted by molar-refractivity contribution is -0.116. The summed E-state index contributed by atoms with van der Waals surface area (Å²) in [4.78, 5) is 13.2. The summed E-state index contributed by atoms with van der Waals surface area (Å²) < 4.78 is 25.3. The molecule has 104 valence electrons. The van der Waals surface area contributed by atoms with Gasteiger partial charge in [-0.1, -0.05) is 0 Å². The largest absolute Gasteiger partial charge is 0.397 e. The second-order valence-corrected chi connectivity index (χ2v) is 6.88. The van der Waals surface area contributed by atoms with Crippen LogP contribution >= 0.6 is 0 Å². The van der Waals surface area contributed by atoms with Crippen LogP contribution in [0.5, 0.6) is 0 Å². The first kappa shape index (κ1) is 13.8. The van der Waals surface area contributed by atoms with Crippen LogP contribution in [0.3, 0.4) is 0 Å². The Bertz CT molecular complexity index is 638. The predicted octanol–water partition coefficient (Wildman–Crippen LogP) is 0.428. The minimum atomic E-state index is -3.51. The zero-order valence-corrected chi connectivity index (χ0v) is 12.0. The molecule has 1 aliphatic rings. The van der Waals surface area contributed by atoms with E-state index in [0.29, 0.717) is 24.3 Å². The quantitative estimate of drug-likeness (QED) is 0.798. The van der Waals surface area contributed by atoms with Gasteiger partial charge < -0.3 is 10.6 Å². The maximum absolute atomic E-state index is 12.1. The van der Waals surface area contributed by atoms with Crippen molar-refractivity contribution >= 4 is 27.3 Å². The van der Waals surface area contributed by atoms with Crippen molar-refractivity contribution in [2.75, 3.05) is 31.3 Å². The molecule has 1 aliphatic heterocycles. The second-order valence-electron chi connectivity index (χ2n) is 4.73. The van der Waals surface area contributed by atoms with Crippen LogP contribution in [0.1, 0.15) is 12.5 Å². The van der Waals surface area contributed by atoms with E-state index in [4.69, 9.17) is 5.73 Å². The van der Waals surface area contributed by atoms with E-state index < -0.39 is 10.0 Å². The Kier molecular flexibility index (Phi) is 3.27. The highest BCUT2D eigenvalue weighted by molar-refractivity contribution is 7.89. The van der Waals surface area contributed by atoms with Crippen LogP contribution in [0, 0.1) is 0 Å². The van der Waals surface area contributed by atoms with Crippen LogP contribution in [-0.4, -0.2) is 39.3 Å². The Labute approximate surface area is 112 Å². The summed E-state index contributed by atoms with van der Waals surface area (Å²) >= 11 is 0. The molecule has 0 aromatic heterocycles. The molecule has 0 fully saturated rings. The number of benzene rings is 1. The Morgan fingerprint density at radius 3 is 2.53 bits per heavy atom. The maximum Gasteiger partial charge on any atom is 0.242 e. The van der Waals surface area contributed by atoms with Crippen LogP contribution in [0.15, 0.2) is 17.0 Å². The summed E-state index contributed by atoms with van der Waals surface area (Å²) in [5.41, 5.74) is 7.69. The first-order valence-corrected chi connectivity index (χ1v) is 7.32. The van der Waals surface area contributed by atoms with Crippen LogP contribution in [0.4, 0.5) is 11.4 Å². The van der Waals surface area contributed by atoms with E-state index in [1.807, 2.05) is 0 Å². The lowest BCUT2D eigenvalue weighted by Gasteiger charge is -2.18. The van der Waals surface area contributed by atoms with Crippen molar-refractivity contribution in [3.05, 3.63) is 17.7 Å². The SMILES string of the molecule is CC(=O)N1CCc2cc(S(=O)(=O)N(C)C)cc(N)c21. The number of carbonyl (C=O) groups is 1. The van der Waals surface area contributed by atoms with Crippen LogP contribution < -0.4 is 10.6 Å². The molecule has 0 atom stereocenters. The molecule has 2 N–H and O–H groups in total. The molecule has 0 aliphatic carbocycles. The first-order chi connectivity index (χ1) is 8.75. The number of nitrogens with zero attached hydrogens (tertiary/aromatic N) is 2. The zero-order valence-electron chi connectivity index (χ0n) is 11.2. The van der Waals surface area contributed by atoms with E-state index in [-0.39, 0.29) is 10.8 Å². The normalized spacial score (nSPS) is 14.8. The Morgan fingerprint density at radius 1 is 1.37 bits per heavy atom.